The van der Waals surface area contributed by atoms with Gasteiger partial charge in [0.15, 0.2) is 11.5 Å². The monoisotopic (exact) mass is 388 g/mol. The summed E-state index contributed by atoms with van der Waals surface area (Å²) in [6, 6.07) is 7.01. The van der Waals surface area contributed by atoms with Crippen molar-refractivity contribution >= 4 is 28.8 Å². The summed E-state index contributed by atoms with van der Waals surface area (Å²) in [5.41, 5.74) is 1.53. The first-order valence-corrected chi connectivity index (χ1v) is 9.76. The van der Waals surface area contributed by atoms with E-state index in [1.807, 2.05) is 30.5 Å². The summed E-state index contributed by atoms with van der Waals surface area (Å²) in [7, 11) is 3.13. The van der Waals surface area contributed by atoms with E-state index in [0.717, 1.165) is 16.9 Å². The first-order chi connectivity index (χ1) is 13.0. The minimum atomic E-state index is -0.440. The molecule has 6 nitrogen and oxygen atoms in total. The Bertz CT molecular complexity index is 820. The van der Waals surface area contributed by atoms with Crippen LogP contribution in [0.25, 0.3) is 0 Å². The fourth-order valence-corrected chi connectivity index (χ4v) is 4.03. The molecule has 2 heterocycles. The molecular formula is C20H24N2O4S. The highest BCUT2D eigenvalue weighted by Crippen LogP contribution is 2.33. The fourth-order valence-electron chi connectivity index (χ4n) is 3.33. The van der Waals surface area contributed by atoms with Crippen LogP contribution < -0.4 is 14.8 Å². The van der Waals surface area contributed by atoms with Gasteiger partial charge in [-0.25, -0.2) is 0 Å². The van der Waals surface area contributed by atoms with Gasteiger partial charge in [-0.3, -0.25) is 9.59 Å². The zero-order chi connectivity index (χ0) is 19.4. The number of nitrogens with zero attached hydrogens (tertiary/aromatic N) is 1. The molecule has 1 unspecified atom stereocenters. The SMILES string of the molecule is COc1cc(C)c(NC(=O)C2CCCN2C(=O)Cc2cccs2)cc1OC. The second kappa shape index (κ2) is 8.43. The predicted octanol–water partition coefficient (Wildman–Crippen LogP) is 3.25. The predicted molar refractivity (Wildman–Crippen MR) is 106 cm³/mol. The Morgan fingerprint density at radius 3 is 2.67 bits per heavy atom. The molecule has 3 rings (SSSR count). The zero-order valence-electron chi connectivity index (χ0n) is 15.8. The summed E-state index contributed by atoms with van der Waals surface area (Å²) in [5.74, 6) is 0.999. The second-order valence-electron chi connectivity index (χ2n) is 6.51. The molecule has 2 aromatic rings. The van der Waals surface area contributed by atoms with Crippen LogP contribution in [0.3, 0.4) is 0 Å². The van der Waals surface area contributed by atoms with Crippen LogP contribution in [-0.2, 0) is 16.0 Å². The maximum atomic E-state index is 12.9. The summed E-state index contributed by atoms with van der Waals surface area (Å²) in [5, 5.41) is 4.91. The molecule has 1 aromatic heterocycles. The number of ether oxygens (including phenoxy) is 2. The number of benzene rings is 1. The molecular weight excluding hydrogens is 364 g/mol. The van der Waals surface area contributed by atoms with Gasteiger partial charge < -0.3 is 19.7 Å². The molecule has 144 valence electrons. The standard InChI is InChI=1S/C20H24N2O4S/c1-13-10-17(25-2)18(26-3)12-15(13)21-20(24)16-7-4-8-22(16)19(23)11-14-6-5-9-27-14/h5-6,9-10,12,16H,4,7-8,11H2,1-3H3,(H,21,24). The van der Waals surface area contributed by atoms with Gasteiger partial charge in [-0.1, -0.05) is 6.07 Å². The first-order valence-electron chi connectivity index (χ1n) is 8.88. The van der Waals surface area contributed by atoms with E-state index in [-0.39, 0.29) is 11.8 Å². The molecule has 0 aliphatic carbocycles. The second-order valence-corrected chi connectivity index (χ2v) is 7.54. The van der Waals surface area contributed by atoms with E-state index in [2.05, 4.69) is 5.32 Å². The average molecular weight is 388 g/mol. The lowest BCUT2D eigenvalue weighted by Crippen LogP contribution is -2.43. The molecule has 1 aliphatic heterocycles. The normalized spacial score (nSPS) is 16.3. The van der Waals surface area contributed by atoms with Crippen LogP contribution >= 0.6 is 11.3 Å². The van der Waals surface area contributed by atoms with Gasteiger partial charge in [0.05, 0.1) is 20.6 Å². The molecule has 1 saturated heterocycles. The number of hydrogen-bond donors (Lipinski definition) is 1. The van der Waals surface area contributed by atoms with E-state index >= 15 is 0 Å². The summed E-state index contributed by atoms with van der Waals surface area (Å²) in [6.45, 7) is 2.51. The van der Waals surface area contributed by atoms with Gasteiger partial charge in [0.1, 0.15) is 6.04 Å². The molecule has 0 radical (unpaired) electrons. The maximum Gasteiger partial charge on any atom is 0.247 e. The third kappa shape index (κ3) is 4.24. The molecule has 1 aromatic carbocycles. The Morgan fingerprint density at radius 2 is 2.00 bits per heavy atom. The van der Waals surface area contributed by atoms with Gasteiger partial charge in [0, 0.05) is 23.2 Å². The lowest BCUT2D eigenvalue weighted by molar-refractivity contribution is -0.136. The Labute approximate surface area is 163 Å². The number of anilines is 1. The zero-order valence-corrected chi connectivity index (χ0v) is 16.6. The van der Waals surface area contributed by atoms with Crippen molar-refractivity contribution in [1.82, 2.24) is 4.90 Å². The van der Waals surface area contributed by atoms with Crippen LogP contribution in [0.2, 0.25) is 0 Å². The van der Waals surface area contributed by atoms with Crippen molar-refractivity contribution in [2.24, 2.45) is 0 Å². The number of hydrogen-bond acceptors (Lipinski definition) is 5. The maximum absolute atomic E-state index is 12.9. The van der Waals surface area contributed by atoms with Crippen LogP contribution in [0, 0.1) is 6.92 Å². The number of likely N-dealkylation sites (tertiary alicyclic amines) is 1. The Kier molecular flexibility index (Phi) is 6.01. The molecule has 1 atom stereocenters. The lowest BCUT2D eigenvalue weighted by atomic mass is 10.1. The van der Waals surface area contributed by atoms with Crippen LogP contribution in [-0.4, -0.2) is 43.5 Å². The number of nitrogens with one attached hydrogen (secondary N) is 1. The van der Waals surface area contributed by atoms with Crippen LogP contribution in [0.1, 0.15) is 23.3 Å². The van der Waals surface area contributed by atoms with Crippen molar-refractivity contribution in [3.63, 3.8) is 0 Å². The number of aryl methyl sites for hydroxylation is 1. The van der Waals surface area contributed by atoms with Crippen molar-refractivity contribution in [1.29, 1.82) is 0 Å². The van der Waals surface area contributed by atoms with E-state index < -0.39 is 6.04 Å². The molecule has 0 saturated carbocycles. The highest BCUT2D eigenvalue weighted by Gasteiger charge is 2.34. The average Bonchev–Trinajstić information content (AvgIpc) is 3.34. The van der Waals surface area contributed by atoms with E-state index in [1.165, 1.54) is 0 Å². The highest BCUT2D eigenvalue weighted by atomic mass is 32.1. The highest BCUT2D eigenvalue weighted by molar-refractivity contribution is 7.10. The van der Waals surface area contributed by atoms with Gasteiger partial charge in [0.25, 0.3) is 0 Å². The van der Waals surface area contributed by atoms with Gasteiger partial charge in [-0.05, 0) is 42.8 Å². The van der Waals surface area contributed by atoms with Gasteiger partial charge in [-0.15, -0.1) is 11.3 Å². The molecule has 27 heavy (non-hydrogen) atoms. The fraction of sp³-hybridized carbons (Fsp3) is 0.400. The summed E-state index contributed by atoms with van der Waals surface area (Å²) in [4.78, 5) is 28.2. The smallest absolute Gasteiger partial charge is 0.247 e. The van der Waals surface area contributed by atoms with Gasteiger partial charge in [-0.2, -0.15) is 0 Å². The lowest BCUT2D eigenvalue weighted by Gasteiger charge is -2.24. The largest absolute Gasteiger partial charge is 0.493 e. The number of thiophene rings is 1. The summed E-state index contributed by atoms with van der Waals surface area (Å²) >= 11 is 1.56. The first kappa shape index (κ1) is 19.2. The quantitative estimate of drug-likeness (QED) is 0.825. The third-order valence-electron chi connectivity index (χ3n) is 4.77. The van der Waals surface area contributed by atoms with Crippen molar-refractivity contribution in [3.8, 4) is 11.5 Å². The minimum Gasteiger partial charge on any atom is -0.493 e. The van der Waals surface area contributed by atoms with Crippen molar-refractivity contribution in [2.45, 2.75) is 32.2 Å². The number of rotatable bonds is 6. The Balaban J connectivity index is 1.72. The number of amides is 2. The minimum absolute atomic E-state index is 0.000802. The van der Waals surface area contributed by atoms with Crippen LogP contribution in [0.4, 0.5) is 5.69 Å². The van der Waals surface area contributed by atoms with E-state index in [1.54, 1.807) is 36.5 Å². The van der Waals surface area contributed by atoms with Gasteiger partial charge in [0.2, 0.25) is 11.8 Å². The molecule has 1 aliphatic rings. The van der Waals surface area contributed by atoms with Crippen LogP contribution in [0.5, 0.6) is 11.5 Å². The molecule has 0 spiro atoms. The number of carbonyl (C=O) groups is 2. The molecule has 2 amide bonds. The van der Waals surface area contributed by atoms with E-state index in [9.17, 15) is 9.59 Å². The summed E-state index contributed by atoms with van der Waals surface area (Å²) in [6.07, 6.45) is 1.85. The topological polar surface area (TPSA) is 67.9 Å². The van der Waals surface area contributed by atoms with Gasteiger partial charge >= 0.3 is 0 Å². The molecule has 1 N–H and O–H groups in total. The molecule has 7 heteroatoms. The van der Waals surface area contributed by atoms with E-state index in [4.69, 9.17) is 9.47 Å². The molecule has 1 fully saturated rings. The third-order valence-corrected chi connectivity index (χ3v) is 5.65. The van der Waals surface area contributed by atoms with Crippen LogP contribution in [0.15, 0.2) is 29.6 Å². The Morgan fingerprint density at radius 1 is 1.26 bits per heavy atom. The van der Waals surface area contributed by atoms with Crippen molar-refractivity contribution in [2.75, 3.05) is 26.1 Å². The van der Waals surface area contributed by atoms with E-state index in [0.29, 0.717) is 36.6 Å². The van der Waals surface area contributed by atoms with Crippen molar-refractivity contribution in [3.05, 3.63) is 40.1 Å². The number of carbonyl (C=O) groups excluding carboxylic acids is 2. The van der Waals surface area contributed by atoms with Crippen molar-refractivity contribution < 1.29 is 19.1 Å². The molecule has 0 bridgehead atoms. The Hall–Kier alpha value is -2.54. The number of methoxy groups -OCH3 is 2. The summed E-state index contributed by atoms with van der Waals surface area (Å²) < 4.78 is 10.6.